The zero-order valence-electron chi connectivity index (χ0n) is 7.22. The lowest BCUT2D eigenvalue weighted by Crippen LogP contribution is -2.02. The van der Waals surface area contributed by atoms with Gasteiger partial charge in [0.2, 0.25) is 0 Å². The predicted molar refractivity (Wildman–Crippen MR) is 76.3 cm³/mol. The summed E-state index contributed by atoms with van der Waals surface area (Å²) >= 11 is 4.82. The van der Waals surface area contributed by atoms with Crippen LogP contribution in [0.2, 0.25) is 0 Å². The maximum atomic E-state index is 2.41. The van der Waals surface area contributed by atoms with Gasteiger partial charge in [-0.2, -0.15) is 0 Å². The van der Waals surface area contributed by atoms with Crippen molar-refractivity contribution in [3.8, 4) is 22.3 Å². The predicted octanol–water partition coefficient (Wildman–Crippen LogP) is 4.54. The first-order valence-corrected chi connectivity index (χ1v) is 6.52. The molecule has 1 aliphatic carbocycles. The summed E-state index contributed by atoms with van der Waals surface area (Å²) in [6, 6.07) is 13.0. The molecule has 0 atom stereocenters. The highest BCUT2D eigenvalue weighted by Crippen LogP contribution is 2.50. The quantitative estimate of drug-likeness (QED) is 0.483. The van der Waals surface area contributed by atoms with E-state index >= 15 is 0 Å². The smallest absolute Gasteiger partial charge is 0.0216 e. The van der Waals surface area contributed by atoms with E-state index in [1.807, 2.05) is 0 Å². The lowest BCUT2D eigenvalue weighted by Gasteiger charge is -2.26. The molecular formula is C12H6I2. The van der Waals surface area contributed by atoms with E-state index in [0.717, 1.165) is 0 Å². The van der Waals surface area contributed by atoms with E-state index in [1.165, 1.54) is 29.4 Å². The monoisotopic (exact) mass is 404 g/mol. The van der Waals surface area contributed by atoms with Crippen molar-refractivity contribution in [2.75, 3.05) is 0 Å². The minimum absolute atomic E-state index is 1.36. The summed E-state index contributed by atoms with van der Waals surface area (Å²) in [5.74, 6) is 0. The molecule has 1 aliphatic rings. The molecule has 2 heteroatoms. The van der Waals surface area contributed by atoms with Gasteiger partial charge in [0.25, 0.3) is 0 Å². The average Bonchev–Trinajstić information content (AvgIpc) is 2.16. The fraction of sp³-hybridized carbons (Fsp3) is 0. The zero-order valence-corrected chi connectivity index (χ0v) is 11.5. The molecule has 0 nitrogen and oxygen atoms in total. The largest absolute Gasteiger partial charge is 0.0616 e. The van der Waals surface area contributed by atoms with Crippen LogP contribution in [0.5, 0.6) is 0 Å². The van der Waals surface area contributed by atoms with Gasteiger partial charge >= 0.3 is 0 Å². The van der Waals surface area contributed by atoms with E-state index in [4.69, 9.17) is 0 Å². The Morgan fingerprint density at radius 3 is 1.50 bits per heavy atom. The van der Waals surface area contributed by atoms with Crippen molar-refractivity contribution in [3.05, 3.63) is 43.5 Å². The van der Waals surface area contributed by atoms with Crippen molar-refractivity contribution in [2.24, 2.45) is 0 Å². The van der Waals surface area contributed by atoms with E-state index < -0.39 is 0 Å². The van der Waals surface area contributed by atoms with Gasteiger partial charge in [-0.3, -0.25) is 0 Å². The van der Waals surface area contributed by atoms with Crippen LogP contribution in [0.25, 0.3) is 22.3 Å². The number of benzene rings is 2. The van der Waals surface area contributed by atoms with Gasteiger partial charge in [0, 0.05) is 18.3 Å². The average molecular weight is 404 g/mol. The molecule has 0 radical (unpaired) electrons. The second-order valence-electron chi connectivity index (χ2n) is 3.32. The van der Waals surface area contributed by atoms with Crippen LogP contribution >= 0.6 is 45.2 Å². The van der Waals surface area contributed by atoms with Crippen molar-refractivity contribution in [3.63, 3.8) is 0 Å². The van der Waals surface area contributed by atoms with Gasteiger partial charge < -0.3 is 0 Å². The fourth-order valence-electron chi connectivity index (χ4n) is 1.94. The molecule has 0 fully saturated rings. The van der Waals surface area contributed by atoms with Gasteiger partial charge in [-0.25, -0.2) is 0 Å². The maximum absolute atomic E-state index is 2.41. The van der Waals surface area contributed by atoms with Gasteiger partial charge in [0.05, 0.1) is 0 Å². The summed E-state index contributed by atoms with van der Waals surface area (Å²) in [6.45, 7) is 0. The van der Waals surface area contributed by atoms with Crippen molar-refractivity contribution >= 4 is 45.2 Å². The zero-order chi connectivity index (χ0) is 9.71. The summed E-state index contributed by atoms with van der Waals surface area (Å²) < 4.78 is 2.72. The lowest BCUT2D eigenvalue weighted by atomic mass is 9.81. The Labute approximate surface area is 110 Å². The van der Waals surface area contributed by atoms with E-state index in [9.17, 15) is 0 Å². The van der Waals surface area contributed by atoms with Crippen LogP contribution in [0.4, 0.5) is 0 Å². The molecule has 0 amide bonds. The minimum Gasteiger partial charge on any atom is -0.0616 e. The Hall–Kier alpha value is -0.100. The van der Waals surface area contributed by atoms with Gasteiger partial charge in [0.15, 0.2) is 0 Å². The van der Waals surface area contributed by atoms with Gasteiger partial charge in [-0.05, 0) is 68.4 Å². The summed E-state index contributed by atoms with van der Waals surface area (Å²) in [4.78, 5) is 0. The molecule has 0 saturated carbocycles. The molecule has 14 heavy (non-hydrogen) atoms. The van der Waals surface area contributed by atoms with Crippen molar-refractivity contribution < 1.29 is 0 Å². The topological polar surface area (TPSA) is 0 Å². The lowest BCUT2D eigenvalue weighted by molar-refractivity contribution is 1.47. The number of fused-ring (bicyclic) bond motifs is 4. The molecular weight excluding hydrogens is 398 g/mol. The Bertz CT molecular complexity index is 482. The SMILES string of the molecule is Ic1ccc(I)c2c1-c1ccccc1-2. The number of halogens is 2. The number of rotatable bonds is 0. The van der Waals surface area contributed by atoms with Crippen LogP contribution in [0, 0.1) is 7.14 Å². The highest BCUT2D eigenvalue weighted by molar-refractivity contribution is 14.1. The number of hydrogen-bond acceptors (Lipinski definition) is 0. The van der Waals surface area contributed by atoms with Crippen LogP contribution in [-0.4, -0.2) is 0 Å². The summed E-state index contributed by atoms with van der Waals surface area (Å²) in [5, 5.41) is 0. The first-order chi connectivity index (χ1) is 6.79. The molecule has 0 aliphatic heterocycles. The maximum Gasteiger partial charge on any atom is 0.0216 e. The second-order valence-corrected chi connectivity index (χ2v) is 5.65. The molecule has 0 unspecified atom stereocenters. The van der Waals surface area contributed by atoms with Crippen LogP contribution in [0.1, 0.15) is 0 Å². The molecule has 68 valence electrons. The summed E-state index contributed by atoms with van der Waals surface area (Å²) in [5.41, 5.74) is 5.69. The molecule has 0 heterocycles. The van der Waals surface area contributed by atoms with Crippen LogP contribution < -0.4 is 0 Å². The summed E-state index contributed by atoms with van der Waals surface area (Å²) in [7, 11) is 0. The second kappa shape index (κ2) is 3.20. The highest BCUT2D eigenvalue weighted by atomic mass is 127. The van der Waals surface area contributed by atoms with Crippen molar-refractivity contribution in [1.82, 2.24) is 0 Å². The molecule has 0 bridgehead atoms. The first-order valence-electron chi connectivity index (χ1n) is 4.37. The number of hydrogen-bond donors (Lipinski definition) is 0. The minimum atomic E-state index is 1.36. The van der Waals surface area contributed by atoms with Gasteiger partial charge in [0.1, 0.15) is 0 Å². The van der Waals surface area contributed by atoms with Crippen LogP contribution in [0.3, 0.4) is 0 Å². The third-order valence-electron chi connectivity index (χ3n) is 2.57. The van der Waals surface area contributed by atoms with Gasteiger partial charge in [-0.15, -0.1) is 0 Å². The van der Waals surface area contributed by atoms with Crippen molar-refractivity contribution in [2.45, 2.75) is 0 Å². The molecule has 0 N–H and O–H groups in total. The first kappa shape index (κ1) is 9.15. The van der Waals surface area contributed by atoms with Gasteiger partial charge in [-0.1, -0.05) is 24.3 Å². The Kier molecular flexibility index (Phi) is 2.09. The highest BCUT2D eigenvalue weighted by Gasteiger charge is 2.25. The van der Waals surface area contributed by atoms with Crippen molar-refractivity contribution in [1.29, 1.82) is 0 Å². The third kappa shape index (κ3) is 1.10. The normalized spacial score (nSPS) is 11.6. The molecule has 0 aromatic heterocycles. The Morgan fingerprint density at radius 1 is 0.643 bits per heavy atom. The fourth-order valence-corrected chi connectivity index (χ4v) is 3.42. The Morgan fingerprint density at radius 2 is 1.07 bits per heavy atom. The molecule has 0 spiro atoms. The standard InChI is InChI=1S/C12H6I2/c13-9-5-6-10(14)12-8-4-2-1-3-7(8)11(9)12/h1-6H. The molecule has 0 saturated heterocycles. The van der Waals surface area contributed by atoms with Crippen LogP contribution in [-0.2, 0) is 0 Å². The molecule has 3 rings (SSSR count). The third-order valence-corrected chi connectivity index (χ3v) is 4.37. The molecule has 2 aromatic carbocycles. The van der Waals surface area contributed by atoms with E-state index in [-0.39, 0.29) is 0 Å². The molecule has 2 aromatic rings. The van der Waals surface area contributed by atoms with E-state index in [2.05, 4.69) is 81.6 Å². The van der Waals surface area contributed by atoms with Crippen LogP contribution in [0.15, 0.2) is 36.4 Å². The summed E-state index contributed by atoms with van der Waals surface area (Å²) in [6.07, 6.45) is 0. The van der Waals surface area contributed by atoms with E-state index in [1.54, 1.807) is 0 Å². The Balaban J connectivity index is 2.37. The van der Waals surface area contributed by atoms with E-state index in [0.29, 0.717) is 0 Å².